The lowest BCUT2D eigenvalue weighted by atomic mass is 10.1. The second-order valence-corrected chi connectivity index (χ2v) is 7.03. The van der Waals surface area contributed by atoms with Gasteiger partial charge in [-0.15, -0.1) is 0 Å². The van der Waals surface area contributed by atoms with Crippen molar-refractivity contribution in [3.8, 4) is 0 Å². The summed E-state index contributed by atoms with van der Waals surface area (Å²) in [5.41, 5.74) is 1.14. The third-order valence-electron chi connectivity index (χ3n) is 3.48. The van der Waals surface area contributed by atoms with Gasteiger partial charge in [0.25, 0.3) is 0 Å². The Hall–Kier alpha value is -1.98. The molecule has 0 aromatic heterocycles. The first-order valence-corrected chi connectivity index (χ1v) is 8.81. The van der Waals surface area contributed by atoms with Crippen molar-refractivity contribution in [3.05, 3.63) is 80.0 Å². The molecule has 4 nitrogen and oxygen atoms in total. The van der Waals surface area contributed by atoms with Crippen LogP contribution < -0.4 is 10.6 Å². The third kappa shape index (κ3) is 4.22. The fraction of sp³-hybridized carbons (Fsp3) is 0. The van der Waals surface area contributed by atoms with Crippen molar-refractivity contribution >= 4 is 69.3 Å². The van der Waals surface area contributed by atoms with Crippen LogP contribution in [0, 0.1) is 0 Å². The predicted octanol–water partition coefficient (Wildman–Crippen LogP) is 5.74. The molecule has 0 saturated heterocycles. The van der Waals surface area contributed by atoms with Crippen LogP contribution in [-0.4, -0.2) is 11.6 Å². The number of ketones is 2. The van der Waals surface area contributed by atoms with Gasteiger partial charge in [0.05, 0.1) is 32.8 Å². The van der Waals surface area contributed by atoms with Gasteiger partial charge in [-0.2, -0.15) is 0 Å². The normalized spacial score (nSPS) is 14.0. The van der Waals surface area contributed by atoms with Crippen molar-refractivity contribution in [3.63, 3.8) is 0 Å². The van der Waals surface area contributed by atoms with E-state index in [0.29, 0.717) is 31.5 Å². The first kappa shape index (κ1) is 18.8. The summed E-state index contributed by atoms with van der Waals surface area (Å²) in [5.74, 6) is -0.772. The third-order valence-corrected chi connectivity index (χ3v) is 4.58. The molecule has 0 radical (unpaired) electrons. The van der Waals surface area contributed by atoms with Crippen molar-refractivity contribution < 1.29 is 9.59 Å². The van der Waals surface area contributed by atoms with E-state index in [-0.39, 0.29) is 23.0 Å². The molecule has 2 aromatic rings. The van der Waals surface area contributed by atoms with Gasteiger partial charge in [-0.3, -0.25) is 9.59 Å². The van der Waals surface area contributed by atoms with Crippen molar-refractivity contribution in [2.75, 3.05) is 10.6 Å². The average molecular weight is 428 g/mol. The summed E-state index contributed by atoms with van der Waals surface area (Å²) < 4.78 is 0. The highest BCUT2D eigenvalue weighted by atomic mass is 35.5. The zero-order valence-corrected chi connectivity index (χ0v) is 16.0. The molecule has 2 N–H and O–H groups in total. The number of allylic oxidation sites excluding steroid dienone is 2. The van der Waals surface area contributed by atoms with E-state index in [1.807, 2.05) is 0 Å². The molecular formula is C18H10Cl4N2O2. The fourth-order valence-corrected chi connectivity index (χ4v) is 3.14. The number of halogens is 4. The van der Waals surface area contributed by atoms with Crippen molar-refractivity contribution in [1.29, 1.82) is 0 Å². The lowest BCUT2D eigenvalue weighted by Crippen LogP contribution is -2.22. The van der Waals surface area contributed by atoms with Crippen LogP contribution in [0.5, 0.6) is 0 Å². The van der Waals surface area contributed by atoms with E-state index in [4.69, 9.17) is 46.4 Å². The van der Waals surface area contributed by atoms with E-state index in [1.165, 1.54) is 24.3 Å². The van der Waals surface area contributed by atoms with Crippen LogP contribution in [0.15, 0.2) is 59.9 Å². The van der Waals surface area contributed by atoms with Crippen molar-refractivity contribution in [2.45, 2.75) is 0 Å². The molecule has 8 heteroatoms. The predicted molar refractivity (Wildman–Crippen MR) is 106 cm³/mol. The molecule has 0 aliphatic heterocycles. The van der Waals surface area contributed by atoms with Gasteiger partial charge in [0.1, 0.15) is 0 Å². The molecule has 0 saturated carbocycles. The molecule has 0 bridgehead atoms. The molecular weight excluding hydrogens is 418 g/mol. The summed E-state index contributed by atoms with van der Waals surface area (Å²) in [4.78, 5) is 24.7. The van der Waals surface area contributed by atoms with Gasteiger partial charge in [-0.25, -0.2) is 0 Å². The zero-order chi connectivity index (χ0) is 18.8. The maximum atomic E-state index is 12.3. The van der Waals surface area contributed by atoms with E-state index < -0.39 is 0 Å². The largest absolute Gasteiger partial charge is 0.351 e. The minimum atomic E-state index is -0.386. The fourth-order valence-electron chi connectivity index (χ4n) is 2.23. The monoisotopic (exact) mass is 426 g/mol. The Morgan fingerprint density at radius 3 is 1.35 bits per heavy atom. The van der Waals surface area contributed by atoms with Crippen LogP contribution in [0.4, 0.5) is 11.4 Å². The topological polar surface area (TPSA) is 58.2 Å². The minimum absolute atomic E-state index is 0.104. The summed E-state index contributed by atoms with van der Waals surface area (Å²) >= 11 is 23.8. The zero-order valence-electron chi connectivity index (χ0n) is 12.9. The average Bonchev–Trinajstić information content (AvgIpc) is 2.57. The highest BCUT2D eigenvalue weighted by Crippen LogP contribution is 2.29. The second kappa shape index (κ2) is 7.72. The minimum Gasteiger partial charge on any atom is -0.351 e. The summed E-state index contributed by atoms with van der Waals surface area (Å²) in [6.07, 6.45) is 2.39. The van der Waals surface area contributed by atoms with Gasteiger partial charge in [0.2, 0.25) is 11.6 Å². The van der Waals surface area contributed by atoms with Gasteiger partial charge in [-0.1, -0.05) is 46.4 Å². The molecule has 0 spiro atoms. The van der Waals surface area contributed by atoms with Gasteiger partial charge in [0.15, 0.2) is 0 Å². The van der Waals surface area contributed by atoms with Crippen LogP contribution in [0.3, 0.4) is 0 Å². The van der Waals surface area contributed by atoms with Crippen LogP contribution in [-0.2, 0) is 9.59 Å². The highest BCUT2D eigenvalue weighted by Gasteiger charge is 2.21. The van der Waals surface area contributed by atoms with Crippen molar-refractivity contribution in [1.82, 2.24) is 0 Å². The van der Waals surface area contributed by atoms with Crippen LogP contribution >= 0.6 is 46.4 Å². The molecule has 1 aliphatic carbocycles. The number of nitrogens with one attached hydrogen (secondary N) is 2. The molecule has 0 heterocycles. The molecule has 3 rings (SSSR count). The Morgan fingerprint density at radius 1 is 0.615 bits per heavy atom. The lowest BCUT2D eigenvalue weighted by Gasteiger charge is -2.16. The highest BCUT2D eigenvalue weighted by molar-refractivity contribution is 6.37. The van der Waals surface area contributed by atoms with Gasteiger partial charge in [-0.05, 0) is 36.4 Å². The number of hydrogen-bond donors (Lipinski definition) is 2. The SMILES string of the molecule is O=C1C=C(Nc2ccc(Cl)cc2Cl)C(=O)C=C1Nc1ccc(Cl)cc1Cl. The molecule has 0 atom stereocenters. The molecule has 0 unspecified atom stereocenters. The second-order valence-electron chi connectivity index (χ2n) is 5.34. The summed E-state index contributed by atoms with van der Waals surface area (Å²) in [6.45, 7) is 0. The van der Waals surface area contributed by atoms with Crippen LogP contribution in [0.1, 0.15) is 0 Å². The van der Waals surface area contributed by atoms with E-state index in [0.717, 1.165) is 0 Å². The van der Waals surface area contributed by atoms with Crippen molar-refractivity contribution in [2.24, 2.45) is 0 Å². The number of carbonyl (C=O) groups is 2. The number of benzene rings is 2. The number of anilines is 2. The Labute approximate surface area is 169 Å². The number of hydrogen-bond acceptors (Lipinski definition) is 4. The van der Waals surface area contributed by atoms with Crippen LogP contribution in [0.2, 0.25) is 20.1 Å². The van der Waals surface area contributed by atoms with Gasteiger partial charge >= 0.3 is 0 Å². The Morgan fingerprint density at radius 2 is 1.00 bits per heavy atom. The van der Waals surface area contributed by atoms with E-state index >= 15 is 0 Å². The van der Waals surface area contributed by atoms with Crippen LogP contribution in [0.25, 0.3) is 0 Å². The van der Waals surface area contributed by atoms with E-state index in [9.17, 15) is 9.59 Å². The maximum Gasteiger partial charge on any atom is 0.204 e. The van der Waals surface area contributed by atoms with Gasteiger partial charge in [0, 0.05) is 22.2 Å². The number of carbonyl (C=O) groups excluding carboxylic acids is 2. The van der Waals surface area contributed by atoms with Gasteiger partial charge < -0.3 is 10.6 Å². The molecule has 1 aliphatic rings. The Kier molecular flexibility index (Phi) is 5.58. The lowest BCUT2D eigenvalue weighted by molar-refractivity contribution is -0.115. The molecule has 26 heavy (non-hydrogen) atoms. The molecule has 2 aromatic carbocycles. The first-order chi connectivity index (χ1) is 12.3. The molecule has 132 valence electrons. The smallest absolute Gasteiger partial charge is 0.204 e. The standard InChI is InChI=1S/C18H10Cl4N2O2/c19-9-1-3-13(11(21)5-9)23-15-7-18(26)16(8-17(15)25)24-14-4-2-10(20)6-12(14)22/h1-8,23-24H. The molecule has 0 amide bonds. The quantitative estimate of drug-likeness (QED) is 0.610. The van der Waals surface area contributed by atoms with E-state index in [1.54, 1.807) is 24.3 Å². The Bertz CT molecular complexity index is 904. The summed E-state index contributed by atoms with van der Waals surface area (Å²) in [5, 5.41) is 7.28. The molecule has 0 fully saturated rings. The Balaban J connectivity index is 1.79. The number of rotatable bonds is 4. The van der Waals surface area contributed by atoms with E-state index in [2.05, 4.69) is 10.6 Å². The maximum absolute atomic E-state index is 12.3. The summed E-state index contributed by atoms with van der Waals surface area (Å²) in [7, 11) is 0. The summed E-state index contributed by atoms with van der Waals surface area (Å²) in [6, 6.07) is 9.55. The first-order valence-electron chi connectivity index (χ1n) is 7.29.